The number of carbonyl (C=O) groups is 2. The van der Waals surface area contributed by atoms with Gasteiger partial charge in [-0.3, -0.25) is 9.79 Å². The van der Waals surface area contributed by atoms with Crippen LogP contribution in [0.5, 0.6) is 0 Å². The molecule has 0 aromatic heterocycles. The minimum Gasteiger partial charge on any atom is -0.378 e. The molecule has 2 aromatic carbocycles. The lowest BCUT2D eigenvalue weighted by molar-refractivity contribution is -0.127. The summed E-state index contributed by atoms with van der Waals surface area (Å²) in [6.45, 7) is 2.23. The Labute approximate surface area is 166 Å². The molecule has 0 amide bonds. The molecule has 0 N–H and O–H groups in total. The highest BCUT2D eigenvalue weighted by molar-refractivity contribution is 6.21. The monoisotopic (exact) mass is 376 g/mol. The third kappa shape index (κ3) is 3.36. The van der Waals surface area contributed by atoms with Crippen molar-refractivity contribution in [3.63, 3.8) is 0 Å². The molecule has 1 atom stereocenters. The fraction of sp³-hybridized carbons (Fsp3) is 0.458. The quantitative estimate of drug-likeness (QED) is 0.712. The molecule has 1 unspecified atom stereocenters. The number of hydrogen-bond donors (Lipinski definition) is 0. The normalized spacial score (nSPS) is 17.0. The van der Waals surface area contributed by atoms with Crippen molar-refractivity contribution >= 4 is 33.7 Å². The van der Waals surface area contributed by atoms with Gasteiger partial charge in [0.05, 0.1) is 18.2 Å². The topological polar surface area (TPSA) is 49.7 Å². The van der Waals surface area contributed by atoms with Crippen LogP contribution in [0.25, 0.3) is 10.8 Å². The van der Waals surface area contributed by atoms with E-state index >= 15 is 0 Å². The molecular formula is C24H28N2O2. The molecule has 0 bridgehead atoms. The number of anilines is 1. The maximum Gasteiger partial charge on any atom is 0.145 e. The van der Waals surface area contributed by atoms with Crippen molar-refractivity contribution in [2.75, 3.05) is 19.0 Å². The number of fused-ring (bicyclic) bond motifs is 3. The van der Waals surface area contributed by atoms with E-state index in [4.69, 9.17) is 4.99 Å². The maximum absolute atomic E-state index is 13.2. The zero-order valence-electron chi connectivity index (χ0n) is 17.0. The minimum atomic E-state index is -0.255. The summed E-state index contributed by atoms with van der Waals surface area (Å²) in [6.07, 6.45) is 4.12. The van der Waals surface area contributed by atoms with E-state index in [1.165, 1.54) is 10.9 Å². The molecule has 1 aliphatic heterocycles. The number of nitrogens with zero attached hydrogens (tertiary/aromatic N) is 2. The lowest BCUT2D eigenvalue weighted by Crippen LogP contribution is -2.34. The maximum atomic E-state index is 13.2. The first-order valence-electron chi connectivity index (χ1n) is 10.3. The van der Waals surface area contributed by atoms with E-state index < -0.39 is 0 Å². The van der Waals surface area contributed by atoms with Crippen LogP contribution < -0.4 is 4.90 Å². The van der Waals surface area contributed by atoms with E-state index in [1.54, 1.807) is 6.92 Å². The molecule has 146 valence electrons. The van der Waals surface area contributed by atoms with Crippen LogP contribution >= 0.6 is 0 Å². The molecule has 1 saturated carbocycles. The second-order valence-electron chi connectivity index (χ2n) is 8.42. The van der Waals surface area contributed by atoms with Crippen molar-refractivity contribution in [1.82, 2.24) is 0 Å². The van der Waals surface area contributed by atoms with Crippen molar-refractivity contribution in [1.29, 1.82) is 0 Å². The van der Waals surface area contributed by atoms with Crippen molar-refractivity contribution in [2.24, 2.45) is 16.8 Å². The Bertz CT molecular complexity index is 970. The smallest absolute Gasteiger partial charge is 0.145 e. The Morgan fingerprint density at radius 1 is 1.18 bits per heavy atom. The van der Waals surface area contributed by atoms with Gasteiger partial charge in [-0.1, -0.05) is 24.6 Å². The predicted octanol–water partition coefficient (Wildman–Crippen LogP) is 4.56. The lowest BCUT2D eigenvalue weighted by Gasteiger charge is -2.29. The number of carbonyl (C=O) groups excluding carboxylic acids is 2. The fourth-order valence-corrected chi connectivity index (χ4v) is 4.35. The van der Waals surface area contributed by atoms with Gasteiger partial charge < -0.3 is 9.69 Å². The highest BCUT2D eigenvalue weighted by atomic mass is 16.1. The second kappa shape index (κ2) is 7.50. The molecule has 4 nitrogen and oxygen atoms in total. The number of Topliss-reactive ketones (excluding diaryl/α,β-unsaturated/α-hetero) is 2. The number of ketones is 2. The van der Waals surface area contributed by atoms with Gasteiger partial charge in [0.2, 0.25) is 0 Å². The van der Waals surface area contributed by atoms with Crippen LogP contribution in [0.4, 0.5) is 5.69 Å². The Hall–Kier alpha value is -2.49. The van der Waals surface area contributed by atoms with E-state index in [-0.39, 0.29) is 17.6 Å². The number of benzene rings is 2. The second-order valence-corrected chi connectivity index (χ2v) is 8.42. The zero-order chi connectivity index (χ0) is 19.8. The van der Waals surface area contributed by atoms with Gasteiger partial charge in [0.15, 0.2) is 0 Å². The lowest BCUT2D eigenvalue weighted by atomic mass is 9.74. The van der Waals surface area contributed by atoms with Gasteiger partial charge in [-0.2, -0.15) is 0 Å². The van der Waals surface area contributed by atoms with E-state index in [2.05, 4.69) is 35.2 Å². The molecule has 0 saturated heterocycles. The van der Waals surface area contributed by atoms with E-state index in [0.29, 0.717) is 25.2 Å². The molecule has 1 fully saturated rings. The summed E-state index contributed by atoms with van der Waals surface area (Å²) in [4.78, 5) is 31.8. The van der Waals surface area contributed by atoms with Crippen LogP contribution in [-0.4, -0.2) is 31.4 Å². The third-order valence-corrected chi connectivity index (χ3v) is 6.25. The summed E-state index contributed by atoms with van der Waals surface area (Å²) >= 11 is 0. The predicted molar refractivity (Wildman–Crippen MR) is 114 cm³/mol. The van der Waals surface area contributed by atoms with Crippen LogP contribution in [0, 0.1) is 11.8 Å². The van der Waals surface area contributed by atoms with Gasteiger partial charge in [0.25, 0.3) is 0 Å². The summed E-state index contributed by atoms with van der Waals surface area (Å²) in [6, 6.07) is 10.8. The Morgan fingerprint density at radius 3 is 2.61 bits per heavy atom. The van der Waals surface area contributed by atoms with Gasteiger partial charge >= 0.3 is 0 Å². The van der Waals surface area contributed by atoms with E-state index in [9.17, 15) is 9.59 Å². The molecule has 0 spiro atoms. The van der Waals surface area contributed by atoms with Crippen molar-refractivity contribution in [3.05, 3.63) is 41.5 Å². The van der Waals surface area contributed by atoms with Crippen LogP contribution in [0.1, 0.15) is 50.2 Å². The fourth-order valence-electron chi connectivity index (χ4n) is 4.35. The summed E-state index contributed by atoms with van der Waals surface area (Å²) in [5.74, 6) is 0.327. The van der Waals surface area contributed by atoms with E-state index in [1.807, 2.05) is 14.1 Å². The van der Waals surface area contributed by atoms with Crippen LogP contribution in [0.3, 0.4) is 0 Å². The van der Waals surface area contributed by atoms with Crippen LogP contribution in [0.2, 0.25) is 0 Å². The Kier molecular flexibility index (Phi) is 5.05. The highest BCUT2D eigenvalue weighted by Gasteiger charge is 2.36. The van der Waals surface area contributed by atoms with Gasteiger partial charge in [-0.25, -0.2) is 0 Å². The van der Waals surface area contributed by atoms with Crippen molar-refractivity contribution < 1.29 is 9.59 Å². The average molecular weight is 377 g/mol. The Balaban J connectivity index is 1.76. The molecule has 4 heteroatoms. The first-order valence-corrected chi connectivity index (χ1v) is 10.3. The molecule has 2 aliphatic rings. The average Bonchev–Trinajstić information content (AvgIpc) is 3.04. The number of aliphatic imine (C=N–C) groups is 1. The largest absolute Gasteiger partial charge is 0.378 e. The first kappa shape index (κ1) is 18.9. The van der Waals surface area contributed by atoms with Crippen LogP contribution in [-0.2, 0) is 16.1 Å². The minimum absolute atomic E-state index is 0.138. The van der Waals surface area contributed by atoms with Gasteiger partial charge in [-0.15, -0.1) is 0 Å². The standard InChI is InChI=1S/C24H28N2O2/c1-15(27)7-11-21(24(28)16-5-4-6-16)23-22-18(14-25-23)9-8-17-13-19(26(2)3)10-12-20(17)22/h8-10,12-13,16,21H,4-7,11,14H2,1-3H3. The highest BCUT2D eigenvalue weighted by Crippen LogP contribution is 2.37. The summed E-state index contributed by atoms with van der Waals surface area (Å²) in [5, 5.41) is 2.33. The van der Waals surface area contributed by atoms with Crippen molar-refractivity contribution in [3.8, 4) is 0 Å². The number of rotatable bonds is 7. The van der Waals surface area contributed by atoms with Gasteiger partial charge in [-0.05, 0) is 54.7 Å². The molecule has 2 aromatic rings. The zero-order valence-corrected chi connectivity index (χ0v) is 17.0. The third-order valence-electron chi connectivity index (χ3n) is 6.25. The summed E-state index contributed by atoms with van der Waals surface area (Å²) in [5.41, 5.74) is 4.39. The molecule has 1 aliphatic carbocycles. The van der Waals surface area contributed by atoms with Crippen molar-refractivity contribution in [2.45, 2.75) is 45.6 Å². The molecule has 28 heavy (non-hydrogen) atoms. The molecule has 0 radical (unpaired) electrons. The number of hydrogen-bond acceptors (Lipinski definition) is 4. The molecule has 1 heterocycles. The van der Waals surface area contributed by atoms with Gasteiger partial charge in [0.1, 0.15) is 11.6 Å². The summed E-state index contributed by atoms with van der Waals surface area (Å²) < 4.78 is 0. The molecular weight excluding hydrogens is 348 g/mol. The first-order chi connectivity index (χ1) is 13.5. The SMILES string of the molecule is CC(=O)CCC(C(=O)C1CCC1)C1=NCc2ccc3cc(N(C)C)ccc3c21. The summed E-state index contributed by atoms with van der Waals surface area (Å²) in [7, 11) is 4.08. The van der Waals surface area contributed by atoms with Gasteiger partial charge in [0, 0.05) is 37.7 Å². The Morgan fingerprint density at radius 2 is 1.96 bits per heavy atom. The molecule has 4 rings (SSSR count). The van der Waals surface area contributed by atoms with Crippen LogP contribution in [0.15, 0.2) is 35.3 Å². The van der Waals surface area contributed by atoms with E-state index in [0.717, 1.165) is 41.6 Å².